The van der Waals surface area contributed by atoms with Crippen LogP contribution >= 0.6 is 11.6 Å². The lowest BCUT2D eigenvalue weighted by Gasteiger charge is -2.36. The van der Waals surface area contributed by atoms with Crippen LogP contribution in [0.4, 0.5) is 11.5 Å². The zero-order chi connectivity index (χ0) is 18.6. The fourth-order valence-corrected chi connectivity index (χ4v) is 3.84. The number of rotatable bonds is 3. The number of piperidine rings is 1. The van der Waals surface area contributed by atoms with Gasteiger partial charge in [0.1, 0.15) is 0 Å². The quantitative estimate of drug-likeness (QED) is 0.812. The van der Waals surface area contributed by atoms with E-state index >= 15 is 0 Å². The molecule has 2 fully saturated rings. The maximum Gasteiger partial charge on any atom is 0.274 e. The summed E-state index contributed by atoms with van der Waals surface area (Å²) in [6, 6.07) is 11.6. The Morgan fingerprint density at radius 1 is 0.778 bits per heavy atom. The molecule has 0 N–H and O–H groups in total. The first kappa shape index (κ1) is 18.0. The van der Waals surface area contributed by atoms with Gasteiger partial charge in [0, 0.05) is 50.0 Å². The monoisotopic (exact) mass is 385 g/mol. The van der Waals surface area contributed by atoms with Crippen molar-refractivity contribution in [2.75, 3.05) is 49.1 Å². The number of hydrogen-bond acceptors (Lipinski definition) is 5. The fourth-order valence-electron chi connectivity index (χ4n) is 3.71. The lowest BCUT2D eigenvalue weighted by atomic mass is 10.1. The van der Waals surface area contributed by atoms with Crippen LogP contribution < -0.4 is 9.80 Å². The van der Waals surface area contributed by atoms with Gasteiger partial charge in [-0.3, -0.25) is 4.79 Å². The molecule has 0 spiro atoms. The van der Waals surface area contributed by atoms with Gasteiger partial charge in [0.05, 0.1) is 0 Å². The van der Waals surface area contributed by atoms with E-state index in [0.29, 0.717) is 18.8 Å². The van der Waals surface area contributed by atoms with Gasteiger partial charge < -0.3 is 14.7 Å². The van der Waals surface area contributed by atoms with Gasteiger partial charge in [-0.25, -0.2) is 0 Å². The number of aromatic nitrogens is 2. The molecular weight excluding hydrogens is 362 g/mol. The molecule has 1 aromatic heterocycles. The van der Waals surface area contributed by atoms with Gasteiger partial charge in [0.25, 0.3) is 5.91 Å². The molecule has 0 radical (unpaired) electrons. The molecule has 0 atom stereocenters. The number of halogens is 1. The van der Waals surface area contributed by atoms with Gasteiger partial charge in [0.15, 0.2) is 11.5 Å². The van der Waals surface area contributed by atoms with E-state index in [2.05, 4.69) is 20.0 Å². The molecule has 2 aromatic rings. The van der Waals surface area contributed by atoms with Gasteiger partial charge in [0.2, 0.25) is 0 Å². The van der Waals surface area contributed by atoms with E-state index in [1.54, 1.807) is 0 Å². The smallest absolute Gasteiger partial charge is 0.274 e. The SMILES string of the molecule is O=C(c1ccc(N2CCCCC2)nn1)N1CCN(c2ccc(Cl)cc2)CC1. The highest BCUT2D eigenvalue weighted by Crippen LogP contribution is 2.20. The zero-order valence-electron chi connectivity index (χ0n) is 15.4. The largest absolute Gasteiger partial charge is 0.368 e. The average Bonchev–Trinajstić information content (AvgIpc) is 2.75. The van der Waals surface area contributed by atoms with Crippen LogP contribution in [0.1, 0.15) is 29.8 Å². The van der Waals surface area contributed by atoms with Crippen molar-refractivity contribution in [3.63, 3.8) is 0 Å². The molecule has 1 aromatic carbocycles. The Bertz CT molecular complexity index is 766. The molecule has 2 saturated heterocycles. The normalized spacial score (nSPS) is 17.9. The Hall–Kier alpha value is -2.34. The highest BCUT2D eigenvalue weighted by Gasteiger charge is 2.24. The molecule has 0 unspecified atom stereocenters. The molecule has 2 aliphatic rings. The summed E-state index contributed by atoms with van der Waals surface area (Å²) >= 11 is 5.96. The first-order valence-corrected chi connectivity index (χ1v) is 9.97. The van der Waals surface area contributed by atoms with Crippen molar-refractivity contribution in [1.29, 1.82) is 0 Å². The summed E-state index contributed by atoms with van der Waals surface area (Å²) in [4.78, 5) is 19.1. The van der Waals surface area contributed by atoms with Crippen LogP contribution in [0.15, 0.2) is 36.4 Å². The lowest BCUT2D eigenvalue weighted by Crippen LogP contribution is -2.49. The molecule has 4 rings (SSSR count). The van der Waals surface area contributed by atoms with E-state index in [1.807, 2.05) is 41.3 Å². The predicted molar refractivity (Wildman–Crippen MR) is 108 cm³/mol. The van der Waals surface area contributed by atoms with Gasteiger partial charge in [-0.05, 0) is 55.7 Å². The van der Waals surface area contributed by atoms with Crippen molar-refractivity contribution in [2.24, 2.45) is 0 Å². The van der Waals surface area contributed by atoms with Gasteiger partial charge >= 0.3 is 0 Å². The maximum absolute atomic E-state index is 12.7. The molecule has 6 nitrogen and oxygen atoms in total. The summed E-state index contributed by atoms with van der Waals surface area (Å²) in [5, 5.41) is 9.23. The van der Waals surface area contributed by atoms with Crippen molar-refractivity contribution < 1.29 is 4.79 Å². The summed E-state index contributed by atoms with van der Waals surface area (Å²) in [6.07, 6.45) is 3.67. The highest BCUT2D eigenvalue weighted by molar-refractivity contribution is 6.30. The van der Waals surface area contributed by atoms with Crippen LogP contribution in [0.5, 0.6) is 0 Å². The van der Waals surface area contributed by atoms with Crippen molar-refractivity contribution in [2.45, 2.75) is 19.3 Å². The molecule has 3 heterocycles. The number of hydrogen-bond donors (Lipinski definition) is 0. The second kappa shape index (κ2) is 8.13. The van der Waals surface area contributed by atoms with Crippen LogP contribution in [0, 0.1) is 0 Å². The molecule has 1 amide bonds. The predicted octanol–water partition coefficient (Wildman–Crippen LogP) is 3.08. The number of amides is 1. The molecule has 2 aliphatic heterocycles. The molecular formula is C20H24ClN5O. The average molecular weight is 386 g/mol. The molecule has 142 valence electrons. The fraction of sp³-hybridized carbons (Fsp3) is 0.450. The number of benzene rings is 1. The van der Waals surface area contributed by atoms with E-state index in [1.165, 1.54) is 19.3 Å². The van der Waals surface area contributed by atoms with Crippen LogP contribution in [0.2, 0.25) is 5.02 Å². The van der Waals surface area contributed by atoms with E-state index in [0.717, 1.165) is 42.7 Å². The Balaban J connectivity index is 1.35. The van der Waals surface area contributed by atoms with E-state index in [9.17, 15) is 4.79 Å². The number of nitrogens with zero attached hydrogens (tertiary/aromatic N) is 5. The third-order valence-corrected chi connectivity index (χ3v) is 5.56. The van der Waals surface area contributed by atoms with Crippen LogP contribution in [0.25, 0.3) is 0 Å². The summed E-state index contributed by atoms with van der Waals surface area (Å²) in [5.74, 6) is 0.835. The molecule has 7 heteroatoms. The van der Waals surface area contributed by atoms with E-state index < -0.39 is 0 Å². The van der Waals surface area contributed by atoms with Crippen molar-refractivity contribution in [3.8, 4) is 0 Å². The number of piperazine rings is 1. The summed E-state index contributed by atoms with van der Waals surface area (Å²) < 4.78 is 0. The van der Waals surface area contributed by atoms with Crippen molar-refractivity contribution >= 4 is 29.0 Å². The molecule has 27 heavy (non-hydrogen) atoms. The van der Waals surface area contributed by atoms with Crippen molar-refractivity contribution in [3.05, 3.63) is 47.1 Å². The molecule has 0 bridgehead atoms. The Kier molecular flexibility index (Phi) is 5.43. The summed E-state index contributed by atoms with van der Waals surface area (Å²) in [5.41, 5.74) is 1.56. The topological polar surface area (TPSA) is 52.6 Å². The minimum atomic E-state index is -0.0385. The first-order chi connectivity index (χ1) is 13.2. The Labute approximate surface area is 164 Å². The van der Waals surface area contributed by atoms with Gasteiger partial charge in [-0.1, -0.05) is 11.6 Å². The lowest BCUT2D eigenvalue weighted by molar-refractivity contribution is 0.0739. The van der Waals surface area contributed by atoms with E-state index in [-0.39, 0.29) is 5.91 Å². The third kappa shape index (κ3) is 4.16. The molecule has 0 saturated carbocycles. The van der Waals surface area contributed by atoms with Gasteiger partial charge in [-0.2, -0.15) is 0 Å². The second-order valence-electron chi connectivity index (χ2n) is 7.08. The zero-order valence-corrected chi connectivity index (χ0v) is 16.1. The summed E-state index contributed by atoms with van der Waals surface area (Å²) in [7, 11) is 0. The summed E-state index contributed by atoms with van der Waals surface area (Å²) in [6.45, 7) is 5.00. The van der Waals surface area contributed by atoms with Crippen LogP contribution in [-0.2, 0) is 0 Å². The number of anilines is 2. The second-order valence-corrected chi connectivity index (χ2v) is 7.52. The number of carbonyl (C=O) groups excluding carboxylic acids is 1. The number of carbonyl (C=O) groups is 1. The van der Waals surface area contributed by atoms with Gasteiger partial charge in [-0.15, -0.1) is 10.2 Å². The van der Waals surface area contributed by atoms with Crippen LogP contribution in [-0.4, -0.2) is 60.3 Å². The van der Waals surface area contributed by atoms with Crippen molar-refractivity contribution in [1.82, 2.24) is 15.1 Å². The minimum Gasteiger partial charge on any atom is -0.368 e. The first-order valence-electron chi connectivity index (χ1n) is 9.59. The highest BCUT2D eigenvalue weighted by atomic mass is 35.5. The van der Waals surface area contributed by atoms with E-state index in [4.69, 9.17) is 11.6 Å². The minimum absolute atomic E-state index is 0.0385. The standard InChI is InChI=1S/C20H24ClN5O/c21-16-4-6-17(7-5-16)24-12-14-26(15-13-24)20(27)18-8-9-19(23-22-18)25-10-2-1-3-11-25/h4-9H,1-3,10-15H2. The Morgan fingerprint density at radius 3 is 2.11 bits per heavy atom. The third-order valence-electron chi connectivity index (χ3n) is 5.31. The van der Waals surface area contributed by atoms with Crippen LogP contribution in [0.3, 0.4) is 0 Å². The Morgan fingerprint density at radius 2 is 1.48 bits per heavy atom. The maximum atomic E-state index is 12.7. The molecule has 0 aliphatic carbocycles.